The van der Waals surface area contributed by atoms with E-state index in [1.807, 2.05) is 24.3 Å². The van der Waals surface area contributed by atoms with Crippen molar-refractivity contribution in [3.05, 3.63) is 35.4 Å². The molecule has 0 unspecified atom stereocenters. The number of carbonyl (C=O) groups excluding carboxylic acids is 1. The Morgan fingerprint density at radius 2 is 2.00 bits per heavy atom. The molecule has 1 aromatic rings. The Labute approximate surface area is 120 Å². The first kappa shape index (κ1) is 15.0. The molecule has 0 bridgehead atoms. The lowest BCUT2D eigenvalue weighted by Crippen LogP contribution is -2.54. The molecule has 3 N–H and O–H groups in total. The van der Waals surface area contributed by atoms with Crippen LogP contribution in [0.2, 0.25) is 0 Å². The van der Waals surface area contributed by atoms with E-state index < -0.39 is 5.54 Å². The third kappa shape index (κ3) is 3.81. The van der Waals surface area contributed by atoms with Crippen molar-refractivity contribution >= 4 is 5.91 Å². The molecule has 0 aliphatic heterocycles. The van der Waals surface area contributed by atoms with Gasteiger partial charge in [0.15, 0.2) is 0 Å². The molecule has 0 atom stereocenters. The monoisotopic (exact) mass is 276 g/mol. The summed E-state index contributed by atoms with van der Waals surface area (Å²) in [6.45, 7) is 1.11. The van der Waals surface area contributed by atoms with Crippen LogP contribution >= 0.6 is 0 Å². The Hall–Kier alpha value is -1.39. The van der Waals surface area contributed by atoms with Crippen LogP contribution < -0.4 is 11.1 Å². The van der Waals surface area contributed by atoms with E-state index in [4.69, 9.17) is 10.5 Å². The summed E-state index contributed by atoms with van der Waals surface area (Å²) >= 11 is 0. The molecule has 0 saturated heterocycles. The van der Waals surface area contributed by atoms with Crippen molar-refractivity contribution in [2.75, 3.05) is 7.11 Å². The number of hydrogen-bond donors (Lipinski definition) is 2. The van der Waals surface area contributed by atoms with Gasteiger partial charge in [0, 0.05) is 13.7 Å². The van der Waals surface area contributed by atoms with E-state index in [-0.39, 0.29) is 5.91 Å². The van der Waals surface area contributed by atoms with Gasteiger partial charge in [-0.25, -0.2) is 0 Å². The number of amides is 1. The van der Waals surface area contributed by atoms with Crippen molar-refractivity contribution < 1.29 is 9.53 Å². The van der Waals surface area contributed by atoms with Crippen LogP contribution in [0.3, 0.4) is 0 Å². The van der Waals surface area contributed by atoms with Gasteiger partial charge < -0.3 is 15.8 Å². The number of hydrogen-bond acceptors (Lipinski definition) is 3. The molecule has 1 amide bonds. The largest absolute Gasteiger partial charge is 0.380 e. The molecule has 20 heavy (non-hydrogen) atoms. The Balaban J connectivity index is 1.91. The minimum atomic E-state index is -0.664. The van der Waals surface area contributed by atoms with Gasteiger partial charge >= 0.3 is 0 Å². The molecule has 1 saturated carbocycles. The van der Waals surface area contributed by atoms with Crippen molar-refractivity contribution in [3.63, 3.8) is 0 Å². The molecule has 1 aromatic carbocycles. The van der Waals surface area contributed by atoms with Crippen LogP contribution in [-0.2, 0) is 22.7 Å². The fourth-order valence-corrected chi connectivity index (χ4v) is 2.76. The molecular formula is C16H24N2O2. The predicted molar refractivity (Wildman–Crippen MR) is 79.0 cm³/mol. The first-order valence-electron chi connectivity index (χ1n) is 7.28. The Kier molecular flexibility index (Phi) is 5.15. The van der Waals surface area contributed by atoms with Gasteiger partial charge in [0.05, 0.1) is 12.1 Å². The third-order valence-corrected chi connectivity index (χ3v) is 3.95. The highest BCUT2D eigenvalue weighted by Crippen LogP contribution is 2.26. The summed E-state index contributed by atoms with van der Waals surface area (Å²) in [6, 6.07) is 8.05. The van der Waals surface area contributed by atoms with Crippen molar-refractivity contribution in [2.45, 2.75) is 50.8 Å². The summed E-state index contributed by atoms with van der Waals surface area (Å²) in [5.74, 6) is -0.0191. The zero-order chi connectivity index (χ0) is 14.4. The molecule has 1 fully saturated rings. The van der Waals surface area contributed by atoms with Crippen LogP contribution in [-0.4, -0.2) is 18.6 Å². The summed E-state index contributed by atoms with van der Waals surface area (Å²) in [6.07, 6.45) is 4.87. The fourth-order valence-electron chi connectivity index (χ4n) is 2.76. The molecule has 1 aliphatic carbocycles. The average Bonchev–Trinajstić information content (AvgIpc) is 2.46. The molecule has 0 radical (unpaired) electrons. The summed E-state index contributed by atoms with van der Waals surface area (Å²) in [5.41, 5.74) is 7.73. The van der Waals surface area contributed by atoms with Gasteiger partial charge in [-0.05, 0) is 24.0 Å². The van der Waals surface area contributed by atoms with Gasteiger partial charge in [-0.2, -0.15) is 0 Å². The van der Waals surface area contributed by atoms with E-state index >= 15 is 0 Å². The molecule has 1 aliphatic rings. The minimum Gasteiger partial charge on any atom is -0.380 e. The Morgan fingerprint density at radius 1 is 1.30 bits per heavy atom. The molecule has 0 aromatic heterocycles. The van der Waals surface area contributed by atoms with Crippen molar-refractivity contribution in [1.29, 1.82) is 0 Å². The van der Waals surface area contributed by atoms with Crippen molar-refractivity contribution in [2.24, 2.45) is 5.73 Å². The lowest BCUT2D eigenvalue weighted by molar-refractivity contribution is -0.127. The molecular weight excluding hydrogens is 252 g/mol. The second-order valence-corrected chi connectivity index (χ2v) is 5.65. The van der Waals surface area contributed by atoms with E-state index in [2.05, 4.69) is 5.32 Å². The highest BCUT2D eigenvalue weighted by molar-refractivity contribution is 5.86. The summed E-state index contributed by atoms with van der Waals surface area (Å²) < 4.78 is 5.11. The first-order valence-corrected chi connectivity index (χ1v) is 7.28. The molecule has 110 valence electrons. The topological polar surface area (TPSA) is 64.3 Å². The maximum atomic E-state index is 12.2. The number of benzene rings is 1. The summed E-state index contributed by atoms with van der Waals surface area (Å²) in [5, 5.41) is 2.97. The minimum absolute atomic E-state index is 0.0191. The molecule has 2 rings (SSSR count). The molecule has 0 spiro atoms. The van der Waals surface area contributed by atoms with Gasteiger partial charge in [-0.3, -0.25) is 4.79 Å². The van der Waals surface area contributed by atoms with E-state index in [1.165, 1.54) is 6.42 Å². The van der Waals surface area contributed by atoms with Gasteiger partial charge in [0.25, 0.3) is 0 Å². The Morgan fingerprint density at radius 3 is 2.70 bits per heavy atom. The highest BCUT2D eigenvalue weighted by atomic mass is 16.5. The zero-order valence-corrected chi connectivity index (χ0v) is 12.2. The van der Waals surface area contributed by atoms with Crippen LogP contribution in [0.25, 0.3) is 0 Å². The smallest absolute Gasteiger partial charge is 0.240 e. The number of nitrogens with one attached hydrogen (secondary N) is 1. The normalized spacial score (nSPS) is 17.7. The van der Waals surface area contributed by atoms with E-state index in [9.17, 15) is 4.79 Å². The standard InChI is InChI=1S/C16H24N2O2/c1-20-12-14-7-5-6-13(10-14)11-18-15(19)16(17)8-3-2-4-9-16/h5-7,10H,2-4,8-9,11-12,17H2,1H3,(H,18,19). The van der Waals surface area contributed by atoms with E-state index in [0.717, 1.165) is 36.8 Å². The van der Waals surface area contributed by atoms with E-state index in [1.54, 1.807) is 7.11 Å². The predicted octanol–water partition coefficient (Wildman–Crippen LogP) is 2.11. The number of carbonyl (C=O) groups is 1. The van der Waals surface area contributed by atoms with Gasteiger partial charge in [0.1, 0.15) is 0 Å². The summed E-state index contributed by atoms with van der Waals surface area (Å²) in [7, 11) is 1.68. The van der Waals surface area contributed by atoms with Crippen molar-refractivity contribution in [1.82, 2.24) is 5.32 Å². The zero-order valence-electron chi connectivity index (χ0n) is 12.2. The van der Waals surface area contributed by atoms with Gasteiger partial charge in [0.2, 0.25) is 5.91 Å². The second-order valence-electron chi connectivity index (χ2n) is 5.65. The molecule has 4 nitrogen and oxygen atoms in total. The molecule has 0 heterocycles. The number of methoxy groups -OCH3 is 1. The Bertz CT molecular complexity index is 454. The van der Waals surface area contributed by atoms with Crippen molar-refractivity contribution in [3.8, 4) is 0 Å². The van der Waals surface area contributed by atoms with E-state index in [0.29, 0.717) is 13.2 Å². The van der Waals surface area contributed by atoms with Gasteiger partial charge in [-0.15, -0.1) is 0 Å². The van der Waals surface area contributed by atoms with Crippen LogP contribution in [0.4, 0.5) is 0 Å². The van der Waals surface area contributed by atoms with Crippen LogP contribution in [0.15, 0.2) is 24.3 Å². The van der Waals surface area contributed by atoms with Gasteiger partial charge in [-0.1, -0.05) is 43.5 Å². The first-order chi connectivity index (χ1) is 9.64. The van der Waals surface area contributed by atoms with Crippen LogP contribution in [0, 0.1) is 0 Å². The lowest BCUT2D eigenvalue weighted by atomic mass is 9.82. The third-order valence-electron chi connectivity index (χ3n) is 3.95. The van der Waals surface area contributed by atoms with Crippen LogP contribution in [0.1, 0.15) is 43.2 Å². The average molecular weight is 276 g/mol. The SMILES string of the molecule is COCc1cccc(CNC(=O)C2(N)CCCCC2)c1. The quantitative estimate of drug-likeness (QED) is 0.865. The number of rotatable bonds is 5. The highest BCUT2D eigenvalue weighted by Gasteiger charge is 2.34. The fraction of sp³-hybridized carbons (Fsp3) is 0.562. The lowest BCUT2D eigenvalue weighted by Gasteiger charge is -2.31. The second kappa shape index (κ2) is 6.86. The number of nitrogens with two attached hydrogens (primary N) is 1. The summed E-state index contributed by atoms with van der Waals surface area (Å²) in [4.78, 5) is 12.2. The maximum Gasteiger partial charge on any atom is 0.240 e. The maximum absolute atomic E-state index is 12.2. The van der Waals surface area contributed by atoms with Crippen LogP contribution in [0.5, 0.6) is 0 Å². The number of ether oxygens (including phenoxy) is 1. The molecule has 4 heteroatoms.